The molecule has 2 aromatic carbocycles. The minimum atomic E-state index is -4.43. The third-order valence-corrected chi connectivity index (χ3v) is 4.59. The van der Waals surface area contributed by atoms with Crippen LogP contribution in [0.3, 0.4) is 0 Å². The Morgan fingerprint density at radius 1 is 1.04 bits per heavy atom. The molecule has 5 nitrogen and oxygen atoms in total. The molecule has 0 bridgehead atoms. The van der Waals surface area contributed by atoms with Crippen molar-refractivity contribution in [2.24, 2.45) is 11.8 Å². The van der Waals surface area contributed by atoms with Gasteiger partial charge in [0.15, 0.2) is 0 Å². The largest absolute Gasteiger partial charge is 0.496 e. The molecular weight excluding hydrogens is 373 g/mol. The fourth-order valence-corrected chi connectivity index (χ4v) is 2.91. The zero-order valence-electron chi connectivity index (χ0n) is 15.0. The van der Waals surface area contributed by atoms with E-state index in [1.54, 1.807) is 13.2 Å². The van der Waals surface area contributed by atoms with Crippen molar-refractivity contribution in [3.05, 3.63) is 59.7 Å². The highest BCUT2D eigenvalue weighted by Gasteiger charge is 2.48. The molecule has 1 aliphatic rings. The van der Waals surface area contributed by atoms with Crippen molar-refractivity contribution in [3.63, 3.8) is 0 Å². The summed E-state index contributed by atoms with van der Waals surface area (Å²) in [5.41, 5.74) is 0.299. The van der Waals surface area contributed by atoms with Crippen LogP contribution in [0, 0.1) is 11.8 Å². The zero-order chi connectivity index (χ0) is 20.3. The lowest BCUT2D eigenvalue weighted by atomic mass is 10.2. The van der Waals surface area contributed by atoms with Crippen molar-refractivity contribution >= 4 is 17.5 Å². The molecule has 2 atom stereocenters. The highest BCUT2D eigenvalue weighted by Crippen LogP contribution is 2.40. The Balaban J connectivity index is 1.50. The standard InChI is InChI=1S/C20H19F3N2O3/c1-28-17-5-3-2-4-12(17)11-24-18(26)15-10-16(15)19(27)25-14-8-6-13(7-9-14)20(21,22)23/h2-9,15-16H,10-11H2,1H3,(H,24,26)(H,25,27). The molecule has 0 aromatic heterocycles. The van der Waals surface area contributed by atoms with E-state index < -0.39 is 23.6 Å². The Hall–Kier alpha value is -3.03. The number of amides is 2. The van der Waals surface area contributed by atoms with E-state index in [9.17, 15) is 22.8 Å². The second-order valence-electron chi connectivity index (χ2n) is 6.54. The van der Waals surface area contributed by atoms with Crippen molar-refractivity contribution in [1.29, 1.82) is 0 Å². The summed E-state index contributed by atoms with van der Waals surface area (Å²) >= 11 is 0. The summed E-state index contributed by atoms with van der Waals surface area (Å²) in [5.74, 6) is -0.880. The van der Waals surface area contributed by atoms with Gasteiger partial charge in [0.1, 0.15) is 5.75 Å². The fourth-order valence-electron chi connectivity index (χ4n) is 2.91. The average molecular weight is 392 g/mol. The average Bonchev–Trinajstić information content (AvgIpc) is 3.47. The van der Waals surface area contributed by atoms with Gasteiger partial charge in [0.25, 0.3) is 0 Å². The van der Waals surface area contributed by atoms with E-state index in [-0.39, 0.29) is 24.0 Å². The number of hydrogen-bond acceptors (Lipinski definition) is 3. The summed E-state index contributed by atoms with van der Waals surface area (Å²) < 4.78 is 42.9. The molecule has 0 spiro atoms. The van der Waals surface area contributed by atoms with Crippen molar-refractivity contribution in [2.75, 3.05) is 12.4 Å². The molecule has 0 aliphatic heterocycles. The lowest BCUT2D eigenvalue weighted by Crippen LogP contribution is -2.27. The van der Waals surface area contributed by atoms with Crippen molar-refractivity contribution in [2.45, 2.75) is 19.1 Å². The van der Waals surface area contributed by atoms with E-state index in [0.29, 0.717) is 12.2 Å². The number of benzene rings is 2. The van der Waals surface area contributed by atoms with Crippen LogP contribution in [0.15, 0.2) is 48.5 Å². The van der Waals surface area contributed by atoms with Crippen LogP contribution in [-0.2, 0) is 22.3 Å². The van der Waals surface area contributed by atoms with Crippen LogP contribution in [0.5, 0.6) is 5.75 Å². The molecule has 0 heterocycles. The molecule has 1 saturated carbocycles. The third-order valence-electron chi connectivity index (χ3n) is 4.59. The first kappa shape index (κ1) is 19.7. The van der Waals surface area contributed by atoms with E-state index in [0.717, 1.165) is 17.7 Å². The van der Waals surface area contributed by atoms with Crippen molar-refractivity contribution in [1.82, 2.24) is 5.32 Å². The lowest BCUT2D eigenvalue weighted by molar-refractivity contribution is -0.137. The normalized spacial score (nSPS) is 18.3. The van der Waals surface area contributed by atoms with Gasteiger partial charge in [0, 0.05) is 17.8 Å². The molecule has 2 amide bonds. The first-order valence-electron chi connectivity index (χ1n) is 8.67. The van der Waals surface area contributed by atoms with Gasteiger partial charge in [0.2, 0.25) is 11.8 Å². The topological polar surface area (TPSA) is 67.4 Å². The van der Waals surface area contributed by atoms with E-state index in [1.807, 2.05) is 18.2 Å². The number of ether oxygens (including phenoxy) is 1. The van der Waals surface area contributed by atoms with Crippen LogP contribution in [0.2, 0.25) is 0 Å². The highest BCUT2D eigenvalue weighted by molar-refractivity contribution is 5.99. The Morgan fingerprint density at radius 2 is 1.68 bits per heavy atom. The summed E-state index contributed by atoms with van der Waals surface area (Å²) in [6.07, 6.45) is -4.02. The van der Waals surface area contributed by atoms with Crippen LogP contribution in [0.4, 0.5) is 18.9 Å². The second-order valence-corrected chi connectivity index (χ2v) is 6.54. The Labute approximate surface area is 159 Å². The minimum absolute atomic E-state index is 0.238. The molecule has 0 radical (unpaired) electrons. The first-order chi connectivity index (χ1) is 13.3. The Bertz CT molecular complexity index is 866. The molecule has 28 heavy (non-hydrogen) atoms. The van der Waals surface area contributed by atoms with Crippen LogP contribution in [0.25, 0.3) is 0 Å². The monoisotopic (exact) mass is 392 g/mol. The number of nitrogens with one attached hydrogen (secondary N) is 2. The molecule has 1 aliphatic carbocycles. The Kier molecular flexibility index (Phi) is 5.58. The number of carbonyl (C=O) groups is 2. The Morgan fingerprint density at radius 3 is 2.32 bits per heavy atom. The van der Waals surface area contributed by atoms with E-state index in [1.165, 1.54) is 12.1 Å². The first-order valence-corrected chi connectivity index (χ1v) is 8.67. The van der Waals surface area contributed by atoms with Crippen molar-refractivity contribution in [3.8, 4) is 5.75 Å². The zero-order valence-corrected chi connectivity index (χ0v) is 15.0. The summed E-state index contributed by atoms with van der Waals surface area (Å²) in [5, 5.41) is 5.34. The van der Waals surface area contributed by atoms with Gasteiger partial charge in [-0.2, -0.15) is 13.2 Å². The third kappa shape index (κ3) is 4.62. The number of anilines is 1. The summed E-state index contributed by atoms with van der Waals surface area (Å²) in [4.78, 5) is 24.5. The molecule has 148 valence electrons. The number of hydrogen-bond donors (Lipinski definition) is 2. The van der Waals surface area contributed by atoms with Gasteiger partial charge in [-0.05, 0) is 36.8 Å². The molecule has 2 unspecified atom stereocenters. The smallest absolute Gasteiger partial charge is 0.416 e. The molecule has 8 heteroatoms. The summed E-state index contributed by atoms with van der Waals surface area (Å²) in [6, 6.07) is 11.5. The van der Waals surface area contributed by atoms with Gasteiger partial charge >= 0.3 is 6.18 Å². The predicted octanol–water partition coefficient (Wildman–Crippen LogP) is 3.61. The van der Waals surface area contributed by atoms with Crippen LogP contribution in [0.1, 0.15) is 17.5 Å². The van der Waals surface area contributed by atoms with Gasteiger partial charge in [-0.1, -0.05) is 18.2 Å². The predicted molar refractivity (Wildman–Crippen MR) is 96.5 cm³/mol. The SMILES string of the molecule is COc1ccccc1CNC(=O)C1CC1C(=O)Nc1ccc(C(F)(F)F)cc1. The van der Waals surface area contributed by atoms with E-state index in [4.69, 9.17) is 4.74 Å². The number of alkyl halides is 3. The number of para-hydroxylation sites is 1. The molecule has 2 N–H and O–H groups in total. The van der Waals surface area contributed by atoms with Gasteiger partial charge in [0.05, 0.1) is 24.5 Å². The molecule has 0 saturated heterocycles. The molecule has 2 aromatic rings. The quantitative estimate of drug-likeness (QED) is 0.789. The van der Waals surface area contributed by atoms with E-state index >= 15 is 0 Å². The number of rotatable bonds is 6. The molecular formula is C20H19F3N2O3. The van der Waals surface area contributed by atoms with Gasteiger partial charge in [-0.15, -0.1) is 0 Å². The van der Waals surface area contributed by atoms with Crippen LogP contribution >= 0.6 is 0 Å². The van der Waals surface area contributed by atoms with E-state index in [2.05, 4.69) is 10.6 Å². The molecule has 1 fully saturated rings. The van der Waals surface area contributed by atoms with Gasteiger partial charge in [-0.25, -0.2) is 0 Å². The fraction of sp³-hybridized carbons (Fsp3) is 0.300. The number of halogens is 3. The molecule has 3 rings (SSSR count). The van der Waals surface area contributed by atoms with Crippen molar-refractivity contribution < 1.29 is 27.5 Å². The highest BCUT2D eigenvalue weighted by atomic mass is 19.4. The van der Waals surface area contributed by atoms with Gasteiger partial charge in [-0.3, -0.25) is 9.59 Å². The maximum absolute atomic E-state index is 12.6. The van der Waals surface area contributed by atoms with Crippen LogP contribution in [-0.4, -0.2) is 18.9 Å². The summed E-state index contributed by atoms with van der Waals surface area (Å²) in [6.45, 7) is 0.284. The second kappa shape index (κ2) is 7.92. The summed E-state index contributed by atoms with van der Waals surface area (Å²) in [7, 11) is 1.54. The maximum atomic E-state index is 12.6. The number of carbonyl (C=O) groups excluding carboxylic acids is 2. The maximum Gasteiger partial charge on any atom is 0.416 e. The van der Waals surface area contributed by atoms with Gasteiger partial charge < -0.3 is 15.4 Å². The minimum Gasteiger partial charge on any atom is -0.496 e. The lowest BCUT2D eigenvalue weighted by Gasteiger charge is -2.10. The number of methoxy groups -OCH3 is 1. The van der Waals surface area contributed by atoms with Crippen LogP contribution < -0.4 is 15.4 Å².